The number of hydrogen-bond donors (Lipinski definition) is 0. The average Bonchev–Trinajstić information content (AvgIpc) is 3.62. The van der Waals surface area contributed by atoms with Crippen molar-refractivity contribution in [2.45, 2.75) is 50.3 Å². The van der Waals surface area contributed by atoms with Crippen LogP contribution in [0.3, 0.4) is 0 Å². The van der Waals surface area contributed by atoms with Gasteiger partial charge in [0.1, 0.15) is 5.82 Å². The lowest BCUT2D eigenvalue weighted by molar-refractivity contribution is -0.0712. The van der Waals surface area contributed by atoms with Crippen molar-refractivity contribution in [2.24, 2.45) is 0 Å². The molecular weight excluding hydrogens is 508 g/mol. The number of fused-ring (bicyclic) bond motifs is 3. The maximum absolute atomic E-state index is 8.58. The number of likely N-dealkylation sites (tertiary alicyclic amines) is 1. The number of aryl methyl sites for hydroxylation is 1. The summed E-state index contributed by atoms with van der Waals surface area (Å²) < 4.78 is 27.1. The molecule has 4 fully saturated rings. The molecule has 200 valence electrons. The molecule has 0 spiro atoms. The summed E-state index contributed by atoms with van der Waals surface area (Å²) in [5.74, 6) is 2.04. The number of ether oxygens (including phenoxy) is 3. The Bertz CT molecular complexity index is 1310. The number of anilines is 1. The highest BCUT2D eigenvalue weighted by Crippen LogP contribution is 2.36. The Hall–Kier alpha value is -2.05. The SMILES string of the molecule is S.S.[2H]C1(N2CCC(c3cc4c(cnn4-c4cc(N5CC6CC5CO6)nc(OC)n4)cc3C)CC2)COC1. The number of aromatic nitrogens is 4. The van der Waals surface area contributed by atoms with Gasteiger partial charge in [-0.3, -0.25) is 4.90 Å². The summed E-state index contributed by atoms with van der Waals surface area (Å²) in [6.07, 6.45) is 5.33. The first-order chi connectivity index (χ1) is 17.5. The van der Waals surface area contributed by atoms with Crippen molar-refractivity contribution < 1.29 is 15.6 Å². The Labute approximate surface area is 232 Å². The molecule has 2 bridgehead atoms. The van der Waals surface area contributed by atoms with Crippen molar-refractivity contribution in [1.29, 1.82) is 0 Å². The van der Waals surface area contributed by atoms with Crippen molar-refractivity contribution in [3.63, 3.8) is 0 Å². The first kappa shape index (κ1) is 25.2. The fraction of sp³-hybridized carbons (Fsp3) is 0.577. The van der Waals surface area contributed by atoms with E-state index in [1.165, 1.54) is 11.1 Å². The Kier molecular flexibility index (Phi) is 7.24. The predicted octanol–water partition coefficient (Wildman–Crippen LogP) is 2.91. The van der Waals surface area contributed by atoms with Gasteiger partial charge in [0.2, 0.25) is 0 Å². The molecule has 7 rings (SSSR count). The van der Waals surface area contributed by atoms with E-state index in [9.17, 15) is 0 Å². The van der Waals surface area contributed by atoms with E-state index in [1.807, 2.05) is 16.9 Å². The number of morpholine rings is 1. The molecule has 4 aliphatic heterocycles. The standard InChI is InChI=1S/C26H32N6O3.2H2S/c1-16-7-18-11-27-32(23(18)9-22(16)17-3-5-30(6-4-17)20-13-34-14-20)25-10-24(28-26(29-25)33-2)31-12-21-8-19(31)15-35-21;;/h7,9-11,17,19-21H,3-6,8,12-15H2,1-2H3;2*1H2/i20D;;. The number of methoxy groups -OCH3 is 1. The van der Waals surface area contributed by atoms with Crippen LogP contribution in [0.4, 0.5) is 5.82 Å². The Morgan fingerprint density at radius 1 is 1.05 bits per heavy atom. The van der Waals surface area contributed by atoms with E-state index >= 15 is 0 Å². The van der Waals surface area contributed by atoms with E-state index < -0.39 is 6.02 Å². The second-order valence-electron chi connectivity index (χ2n) is 10.2. The minimum atomic E-state index is -0.521. The molecular formula is C26H36N6O3S2. The van der Waals surface area contributed by atoms with Crippen LogP contribution in [0, 0.1) is 6.92 Å². The van der Waals surface area contributed by atoms with Gasteiger partial charge in [-0.1, -0.05) is 0 Å². The van der Waals surface area contributed by atoms with E-state index in [-0.39, 0.29) is 33.1 Å². The van der Waals surface area contributed by atoms with Crippen molar-refractivity contribution >= 4 is 43.7 Å². The van der Waals surface area contributed by atoms with Crippen LogP contribution in [0.5, 0.6) is 6.01 Å². The van der Waals surface area contributed by atoms with Gasteiger partial charge < -0.3 is 19.1 Å². The molecule has 1 aromatic carbocycles. The van der Waals surface area contributed by atoms with Crippen LogP contribution < -0.4 is 9.64 Å². The molecule has 0 amide bonds. The molecule has 4 saturated heterocycles. The monoisotopic (exact) mass is 545 g/mol. The molecule has 2 unspecified atom stereocenters. The van der Waals surface area contributed by atoms with Crippen LogP contribution in [0.1, 0.15) is 37.7 Å². The van der Waals surface area contributed by atoms with Crippen molar-refractivity contribution in [1.82, 2.24) is 24.6 Å². The van der Waals surface area contributed by atoms with Gasteiger partial charge in [-0.05, 0) is 68.5 Å². The molecule has 11 heteroatoms. The van der Waals surface area contributed by atoms with Crippen LogP contribution in [0.15, 0.2) is 24.4 Å². The third kappa shape index (κ3) is 4.69. The second kappa shape index (κ2) is 10.6. The molecule has 0 saturated carbocycles. The zero-order valence-electron chi connectivity index (χ0n) is 22.3. The average molecular weight is 546 g/mol. The molecule has 6 heterocycles. The molecule has 2 atom stereocenters. The molecule has 0 aliphatic carbocycles. The van der Waals surface area contributed by atoms with E-state index in [4.69, 9.17) is 20.7 Å². The topological polar surface area (TPSA) is 77.8 Å². The maximum atomic E-state index is 8.58. The lowest BCUT2D eigenvalue weighted by Crippen LogP contribution is -2.51. The minimum absolute atomic E-state index is 0. The molecule has 37 heavy (non-hydrogen) atoms. The third-order valence-corrected chi connectivity index (χ3v) is 8.15. The fourth-order valence-corrected chi connectivity index (χ4v) is 6.14. The lowest BCUT2D eigenvalue weighted by Gasteiger charge is -2.41. The van der Waals surface area contributed by atoms with Crippen molar-refractivity contribution in [3.8, 4) is 11.8 Å². The first-order valence-corrected chi connectivity index (χ1v) is 12.6. The summed E-state index contributed by atoms with van der Waals surface area (Å²) in [6, 6.07) is 6.73. The number of benzene rings is 1. The van der Waals surface area contributed by atoms with Crippen LogP contribution in [0.2, 0.25) is 0 Å². The fourth-order valence-electron chi connectivity index (χ4n) is 6.14. The van der Waals surface area contributed by atoms with Gasteiger partial charge in [0.25, 0.3) is 0 Å². The quantitative estimate of drug-likeness (QED) is 0.485. The van der Waals surface area contributed by atoms with E-state index in [0.29, 0.717) is 37.0 Å². The van der Waals surface area contributed by atoms with Gasteiger partial charge in [-0.25, -0.2) is 4.68 Å². The number of piperidine rings is 1. The van der Waals surface area contributed by atoms with Crippen LogP contribution in [-0.4, -0.2) is 89.4 Å². The smallest absolute Gasteiger partial charge is 0.320 e. The lowest BCUT2D eigenvalue weighted by atomic mass is 9.85. The van der Waals surface area contributed by atoms with Crippen LogP contribution in [0.25, 0.3) is 16.7 Å². The molecule has 4 aliphatic rings. The molecule has 3 aromatic rings. The predicted molar refractivity (Wildman–Crippen MR) is 152 cm³/mol. The van der Waals surface area contributed by atoms with Gasteiger partial charge in [0, 0.05) is 18.0 Å². The Balaban J connectivity index is 0.00000147. The summed E-state index contributed by atoms with van der Waals surface area (Å²) in [4.78, 5) is 13.9. The zero-order chi connectivity index (χ0) is 24.4. The first-order valence-electron chi connectivity index (χ1n) is 13.1. The van der Waals surface area contributed by atoms with Crippen LogP contribution in [-0.2, 0) is 9.47 Å². The third-order valence-electron chi connectivity index (χ3n) is 8.15. The zero-order valence-corrected chi connectivity index (χ0v) is 23.3. The largest absolute Gasteiger partial charge is 0.467 e. The van der Waals surface area contributed by atoms with Gasteiger partial charge in [0.05, 0.1) is 58.2 Å². The number of nitrogens with zero attached hydrogens (tertiary/aromatic N) is 6. The molecule has 2 aromatic heterocycles. The second-order valence-corrected chi connectivity index (χ2v) is 10.2. The highest BCUT2D eigenvalue weighted by atomic mass is 32.1. The van der Waals surface area contributed by atoms with Crippen LogP contribution >= 0.6 is 27.0 Å². The highest BCUT2D eigenvalue weighted by Gasteiger charge is 2.40. The van der Waals surface area contributed by atoms with Crippen molar-refractivity contribution in [2.75, 3.05) is 51.5 Å². The summed E-state index contributed by atoms with van der Waals surface area (Å²) in [5, 5.41) is 5.82. The van der Waals surface area contributed by atoms with E-state index in [0.717, 1.165) is 62.2 Å². The highest BCUT2D eigenvalue weighted by molar-refractivity contribution is 7.59. The molecule has 0 radical (unpaired) electrons. The number of hydrogen-bond acceptors (Lipinski definition) is 8. The van der Waals surface area contributed by atoms with Gasteiger partial charge >= 0.3 is 6.01 Å². The number of rotatable bonds is 5. The summed E-state index contributed by atoms with van der Waals surface area (Å²) in [6.45, 7) is 6.70. The summed E-state index contributed by atoms with van der Waals surface area (Å²) in [7, 11) is 1.61. The summed E-state index contributed by atoms with van der Waals surface area (Å²) >= 11 is 0. The van der Waals surface area contributed by atoms with Gasteiger partial charge in [-0.2, -0.15) is 42.1 Å². The normalized spacial score (nSPS) is 25.4. The van der Waals surface area contributed by atoms with Gasteiger partial charge in [0.15, 0.2) is 5.82 Å². The Morgan fingerprint density at radius 3 is 2.49 bits per heavy atom. The minimum Gasteiger partial charge on any atom is -0.467 e. The Morgan fingerprint density at radius 2 is 1.84 bits per heavy atom. The summed E-state index contributed by atoms with van der Waals surface area (Å²) in [5.41, 5.74) is 3.70. The van der Waals surface area contributed by atoms with E-state index in [2.05, 4.69) is 38.8 Å². The van der Waals surface area contributed by atoms with Crippen molar-refractivity contribution in [3.05, 3.63) is 35.5 Å². The van der Waals surface area contributed by atoms with Gasteiger partial charge in [-0.15, -0.1) is 0 Å². The molecule has 0 N–H and O–H groups in total. The molecule has 9 nitrogen and oxygen atoms in total. The van der Waals surface area contributed by atoms with E-state index in [1.54, 1.807) is 7.11 Å². The maximum Gasteiger partial charge on any atom is 0.320 e.